The molecule has 1 aromatic carbocycles. The van der Waals surface area contributed by atoms with Gasteiger partial charge in [0.25, 0.3) is 0 Å². The third-order valence-corrected chi connectivity index (χ3v) is 4.02. The molecule has 1 saturated carbocycles. The second-order valence-electron chi connectivity index (χ2n) is 5.19. The minimum absolute atomic E-state index is 0.0435. The molecule has 0 atom stereocenters. The van der Waals surface area contributed by atoms with Crippen molar-refractivity contribution < 1.29 is 9.53 Å². The highest BCUT2D eigenvalue weighted by atomic mass is 35.5. The predicted octanol–water partition coefficient (Wildman–Crippen LogP) is 3.15. The molecule has 4 heteroatoms. The van der Waals surface area contributed by atoms with E-state index in [4.69, 9.17) is 22.1 Å². The van der Waals surface area contributed by atoms with Gasteiger partial charge in [-0.25, -0.2) is 0 Å². The molecule has 0 aromatic heterocycles. The largest absolute Gasteiger partial charge is 0.461 e. The SMILES string of the molecule is NCC1CCC(C(=O)OCc2cccc(Cl)c2)CC1. The zero-order valence-corrected chi connectivity index (χ0v) is 11.7. The van der Waals surface area contributed by atoms with E-state index in [1.807, 2.05) is 18.2 Å². The zero-order chi connectivity index (χ0) is 13.7. The van der Waals surface area contributed by atoms with Gasteiger partial charge in [-0.3, -0.25) is 4.79 Å². The maximum atomic E-state index is 12.0. The monoisotopic (exact) mass is 281 g/mol. The summed E-state index contributed by atoms with van der Waals surface area (Å²) < 4.78 is 5.36. The first-order valence-electron chi connectivity index (χ1n) is 6.80. The molecule has 1 aromatic rings. The number of hydrogen-bond acceptors (Lipinski definition) is 3. The van der Waals surface area contributed by atoms with Crippen LogP contribution in [0.1, 0.15) is 31.2 Å². The molecule has 0 unspecified atom stereocenters. The highest BCUT2D eigenvalue weighted by Gasteiger charge is 2.26. The molecular formula is C15H20ClNO2. The first-order valence-corrected chi connectivity index (χ1v) is 7.18. The number of carbonyl (C=O) groups excluding carboxylic acids is 1. The predicted molar refractivity (Wildman–Crippen MR) is 75.8 cm³/mol. The van der Waals surface area contributed by atoms with Crippen molar-refractivity contribution in [1.29, 1.82) is 0 Å². The van der Waals surface area contributed by atoms with Crippen LogP contribution in [0.5, 0.6) is 0 Å². The van der Waals surface area contributed by atoms with Crippen molar-refractivity contribution in [2.75, 3.05) is 6.54 Å². The highest BCUT2D eigenvalue weighted by Crippen LogP contribution is 2.29. The van der Waals surface area contributed by atoms with Crippen LogP contribution in [0.2, 0.25) is 5.02 Å². The minimum atomic E-state index is -0.0875. The van der Waals surface area contributed by atoms with Crippen LogP contribution in [0, 0.1) is 11.8 Å². The van der Waals surface area contributed by atoms with Crippen LogP contribution in [-0.2, 0) is 16.1 Å². The third-order valence-electron chi connectivity index (χ3n) is 3.78. The Morgan fingerprint density at radius 2 is 2.05 bits per heavy atom. The van der Waals surface area contributed by atoms with Gasteiger partial charge in [0.05, 0.1) is 5.92 Å². The Morgan fingerprint density at radius 3 is 2.68 bits per heavy atom. The van der Waals surface area contributed by atoms with Gasteiger partial charge in [-0.15, -0.1) is 0 Å². The van der Waals surface area contributed by atoms with E-state index < -0.39 is 0 Å². The van der Waals surface area contributed by atoms with Gasteiger partial charge in [-0.2, -0.15) is 0 Å². The Labute approximate surface area is 119 Å². The Hall–Kier alpha value is -1.06. The number of halogens is 1. The fourth-order valence-corrected chi connectivity index (χ4v) is 2.75. The molecule has 0 bridgehead atoms. The second-order valence-corrected chi connectivity index (χ2v) is 5.63. The maximum Gasteiger partial charge on any atom is 0.309 e. The van der Waals surface area contributed by atoms with Crippen molar-refractivity contribution in [1.82, 2.24) is 0 Å². The Balaban J connectivity index is 1.79. The quantitative estimate of drug-likeness (QED) is 0.863. The van der Waals surface area contributed by atoms with Gasteiger partial charge in [0, 0.05) is 5.02 Å². The zero-order valence-electron chi connectivity index (χ0n) is 11.0. The van der Waals surface area contributed by atoms with E-state index in [2.05, 4.69) is 0 Å². The number of rotatable bonds is 4. The Morgan fingerprint density at radius 1 is 1.32 bits per heavy atom. The fourth-order valence-electron chi connectivity index (χ4n) is 2.53. The third kappa shape index (κ3) is 4.22. The summed E-state index contributed by atoms with van der Waals surface area (Å²) in [6.45, 7) is 1.03. The minimum Gasteiger partial charge on any atom is -0.461 e. The van der Waals surface area contributed by atoms with Crippen LogP contribution < -0.4 is 5.73 Å². The first kappa shape index (κ1) is 14.4. The van der Waals surface area contributed by atoms with Crippen molar-refractivity contribution >= 4 is 17.6 Å². The van der Waals surface area contributed by atoms with E-state index in [1.165, 1.54) is 0 Å². The average Bonchev–Trinajstić information content (AvgIpc) is 2.45. The summed E-state index contributed by atoms with van der Waals surface area (Å²) in [5, 5.41) is 0.664. The number of benzene rings is 1. The molecule has 0 spiro atoms. The molecule has 3 nitrogen and oxygen atoms in total. The van der Waals surface area contributed by atoms with Crippen molar-refractivity contribution in [3.63, 3.8) is 0 Å². The first-order chi connectivity index (χ1) is 9.19. The molecule has 0 saturated heterocycles. The van der Waals surface area contributed by atoms with E-state index in [0.717, 1.165) is 37.8 Å². The lowest BCUT2D eigenvalue weighted by molar-refractivity contribution is -0.151. The van der Waals surface area contributed by atoms with E-state index >= 15 is 0 Å². The van der Waals surface area contributed by atoms with E-state index in [-0.39, 0.29) is 11.9 Å². The van der Waals surface area contributed by atoms with Crippen LogP contribution in [0.4, 0.5) is 0 Å². The number of hydrogen-bond donors (Lipinski definition) is 1. The van der Waals surface area contributed by atoms with Gasteiger partial charge in [0.1, 0.15) is 6.61 Å². The summed E-state index contributed by atoms with van der Waals surface area (Å²) in [7, 11) is 0. The summed E-state index contributed by atoms with van der Waals surface area (Å²) >= 11 is 5.89. The molecule has 0 radical (unpaired) electrons. The molecular weight excluding hydrogens is 262 g/mol. The summed E-state index contributed by atoms with van der Waals surface area (Å²) in [4.78, 5) is 12.0. The van der Waals surface area contributed by atoms with Gasteiger partial charge >= 0.3 is 5.97 Å². The second kappa shape index (κ2) is 6.92. The molecule has 104 valence electrons. The van der Waals surface area contributed by atoms with Gasteiger partial charge in [-0.05, 0) is 55.8 Å². The van der Waals surface area contributed by atoms with Gasteiger partial charge in [-0.1, -0.05) is 23.7 Å². The van der Waals surface area contributed by atoms with E-state index in [0.29, 0.717) is 17.5 Å². The van der Waals surface area contributed by atoms with Crippen molar-refractivity contribution in [3.8, 4) is 0 Å². The van der Waals surface area contributed by atoms with Crippen LogP contribution in [0.3, 0.4) is 0 Å². The topological polar surface area (TPSA) is 52.3 Å². The number of ether oxygens (including phenoxy) is 1. The number of nitrogens with two attached hydrogens (primary N) is 1. The van der Waals surface area contributed by atoms with Crippen molar-refractivity contribution in [2.24, 2.45) is 17.6 Å². The average molecular weight is 282 g/mol. The summed E-state index contributed by atoms with van der Waals surface area (Å²) in [6, 6.07) is 7.39. The van der Waals surface area contributed by atoms with Crippen LogP contribution >= 0.6 is 11.6 Å². The molecule has 19 heavy (non-hydrogen) atoms. The van der Waals surface area contributed by atoms with Crippen LogP contribution in [-0.4, -0.2) is 12.5 Å². The smallest absolute Gasteiger partial charge is 0.309 e. The van der Waals surface area contributed by atoms with Gasteiger partial charge < -0.3 is 10.5 Å². The van der Waals surface area contributed by atoms with Gasteiger partial charge in [0.2, 0.25) is 0 Å². The number of esters is 1. The highest BCUT2D eigenvalue weighted by molar-refractivity contribution is 6.30. The summed E-state index contributed by atoms with van der Waals surface area (Å²) in [5.74, 6) is 0.536. The van der Waals surface area contributed by atoms with Crippen molar-refractivity contribution in [3.05, 3.63) is 34.9 Å². The van der Waals surface area contributed by atoms with Gasteiger partial charge in [0.15, 0.2) is 0 Å². The lowest BCUT2D eigenvalue weighted by Crippen LogP contribution is -2.26. The Bertz CT molecular complexity index is 428. The summed E-state index contributed by atoms with van der Waals surface area (Å²) in [5.41, 5.74) is 6.57. The lowest BCUT2D eigenvalue weighted by atomic mass is 9.82. The van der Waals surface area contributed by atoms with Crippen molar-refractivity contribution in [2.45, 2.75) is 32.3 Å². The van der Waals surface area contributed by atoms with E-state index in [1.54, 1.807) is 6.07 Å². The standard InChI is InChI=1S/C15H20ClNO2/c16-14-3-1-2-12(8-14)10-19-15(18)13-6-4-11(9-17)5-7-13/h1-3,8,11,13H,4-7,9-10,17H2. The lowest BCUT2D eigenvalue weighted by Gasteiger charge is -2.26. The number of carbonyl (C=O) groups is 1. The molecule has 1 fully saturated rings. The maximum absolute atomic E-state index is 12.0. The molecule has 0 aliphatic heterocycles. The molecule has 2 rings (SSSR count). The van der Waals surface area contributed by atoms with Crippen LogP contribution in [0.25, 0.3) is 0 Å². The molecule has 2 N–H and O–H groups in total. The fraction of sp³-hybridized carbons (Fsp3) is 0.533. The normalized spacial score (nSPS) is 23.1. The molecule has 0 heterocycles. The van der Waals surface area contributed by atoms with Crippen LogP contribution in [0.15, 0.2) is 24.3 Å². The molecule has 1 aliphatic carbocycles. The molecule has 1 aliphatic rings. The molecule has 0 amide bonds. The summed E-state index contributed by atoms with van der Waals surface area (Å²) in [6.07, 6.45) is 3.87. The Kier molecular flexibility index (Phi) is 5.23. The van der Waals surface area contributed by atoms with E-state index in [9.17, 15) is 4.79 Å².